The molecule has 0 aliphatic heterocycles. The average molecular weight is 255 g/mol. The van der Waals surface area contributed by atoms with E-state index in [4.69, 9.17) is 5.84 Å². The van der Waals surface area contributed by atoms with Gasteiger partial charge in [-0.2, -0.15) is 10.2 Å². The summed E-state index contributed by atoms with van der Waals surface area (Å²) in [6, 6.07) is 12.6. The fourth-order valence-corrected chi connectivity index (χ4v) is 1.47. The fourth-order valence-electron chi connectivity index (χ4n) is 1.47. The lowest BCUT2D eigenvalue weighted by Gasteiger charge is -2.03. The molecule has 1 aromatic heterocycles. The number of hydrazone groups is 2. The van der Waals surface area contributed by atoms with Crippen LogP contribution in [0, 0.1) is 0 Å². The molecule has 0 spiro atoms. The zero-order valence-corrected chi connectivity index (χ0v) is 10.1. The van der Waals surface area contributed by atoms with Crippen molar-refractivity contribution in [2.45, 2.75) is 0 Å². The van der Waals surface area contributed by atoms with Crippen molar-refractivity contribution >= 4 is 12.1 Å². The molecular weight excluding hydrogens is 242 g/mol. The summed E-state index contributed by atoms with van der Waals surface area (Å²) in [5.41, 5.74) is 3.98. The molecule has 2 aromatic rings. The predicted octanol–water partition coefficient (Wildman–Crippen LogP) is 0.619. The maximum absolute atomic E-state index is 11.2. The van der Waals surface area contributed by atoms with E-state index in [1.807, 2.05) is 30.3 Å². The highest BCUT2D eigenvalue weighted by Crippen LogP contribution is 1.95. The Balaban J connectivity index is 2.09. The summed E-state index contributed by atoms with van der Waals surface area (Å²) in [6.07, 6.45) is 3.16. The Labute approximate surface area is 109 Å². The van der Waals surface area contributed by atoms with Gasteiger partial charge in [-0.3, -0.25) is 10.2 Å². The van der Waals surface area contributed by atoms with Crippen LogP contribution in [-0.2, 0) is 0 Å². The molecule has 1 aromatic carbocycles. The number of nitrogens with two attached hydrogens (primary N) is 1. The summed E-state index contributed by atoms with van der Waals surface area (Å²) < 4.78 is 0. The molecule has 19 heavy (non-hydrogen) atoms. The number of nitrogens with one attached hydrogen (secondary N) is 2. The van der Waals surface area contributed by atoms with Crippen molar-refractivity contribution in [2.24, 2.45) is 16.0 Å². The molecule has 1 heterocycles. The first-order valence-corrected chi connectivity index (χ1v) is 5.61. The number of benzene rings is 1. The number of H-pyrrole nitrogens is 1. The highest BCUT2D eigenvalue weighted by Gasteiger charge is 2.01. The van der Waals surface area contributed by atoms with E-state index in [1.165, 1.54) is 12.3 Å². The number of aromatic nitrogens is 1. The van der Waals surface area contributed by atoms with Crippen LogP contribution in [0.25, 0.3) is 0 Å². The lowest BCUT2D eigenvalue weighted by molar-refractivity contribution is 1.01. The highest BCUT2D eigenvalue weighted by atomic mass is 16.1. The van der Waals surface area contributed by atoms with E-state index in [1.54, 1.807) is 12.3 Å². The second-order valence-corrected chi connectivity index (χ2v) is 3.70. The number of hydrogen-bond donors (Lipinski definition) is 3. The van der Waals surface area contributed by atoms with Crippen LogP contribution in [0.2, 0.25) is 0 Å². The van der Waals surface area contributed by atoms with Gasteiger partial charge in [0.15, 0.2) is 5.84 Å². The third-order valence-electron chi connectivity index (χ3n) is 2.36. The zero-order chi connectivity index (χ0) is 13.5. The fraction of sp³-hybridized carbons (Fsp3) is 0. The van der Waals surface area contributed by atoms with Crippen LogP contribution < -0.4 is 16.8 Å². The molecule has 2 rings (SSSR count). The van der Waals surface area contributed by atoms with Crippen LogP contribution in [0.1, 0.15) is 11.1 Å². The van der Waals surface area contributed by atoms with Crippen molar-refractivity contribution in [2.75, 3.05) is 0 Å². The van der Waals surface area contributed by atoms with Crippen molar-refractivity contribution in [1.82, 2.24) is 10.4 Å². The molecule has 96 valence electrons. The molecule has 0 saturated carbocycles. The lowest BCUT2D eigenvalue weighted by atomic mass is 10.2. The van der Waals surface area contributed by atoms with Gasteiger partial charge in [0.05, 0.1) is 6.21 Å². The number of rotatable bonds is 3. The maximum Gasteiger partial charge on any atom is 0.248 e. The van der Waals surface area contributed by atoms with E-state index < -0.39 is 0 Å². The number of hydrogen-bond acceptors (Lipinski definition) is 4. The van der Waals surface area contributed by atoms with Crippen LogP contribution in [0.3, 0.4) is 0 Å². The standard InChI is InChI=1S/C13H13N5O/c14-17-13(11-6-7-15-12(19)8-11)18-16-9-10-4-2-1-3-5-10/h1-9H,14H2,(H,15,19)(H,17,18). The summed E-state index contributed by atoms with van der Waals surface area (Å²) in [5, 5.41) is 7.59. The molecule has 0 unspecified atom stereocenters. The first-order chi connectivity index (χ1) is 9.29. The minimum Gasteiger partial charge on any atom is -0.329 e. The van der Waals surface area contributed by atoms with Crippen molar-refractivity contribution in [1.29, 1.82) is 0 Å². The topological polar surface area (TPSA) is 95.6 Å². The van der Waals surface area contributed by atoms with Gasteiger partial charge in [-0.05, 0) is 11.6 Å². The Kier molecular flexibility index (Phi) is 4.07. The highest BCUT2D eigenvalue weighted by molar-refractivity contribution is 5.98. The second-order valence-electron chi connectivity index (χ2n) is 3.70. The summed E-state index contributed by atoms with van der Waals surface area (Å²) >= 11 is 0. The molecule has 0 saturated heterocycles. The average Bonchev–Trinajstić information content (AvgIpc) is 2.45. The van der Waals surface area contributed by atoms with E-state index in [0.717, 1.165) is 5.56 Å². The van der Waals surface area contributed by atoms with E-state index >= 15 is 0 Å². The van der Waals surface area contributed by atoms with Crippen LogP contribution >= 0.6 is 0 Å². The number of amidine groups is 1. The van der Waals surface area contributed by atoms with Gasteiger partial charge in [0.1, 0.15) is 0 Å². The van der Waals surface area contributed by atoms with E-state index in [0.29, 0.717) is 11.4 Å². The first-order valence-electron chi connectivity index (χ1n) is 5.61. The number of aromatic amines is 1. The lowest BCUT2D eigenvalue weighted by Crippen LogP contribution is -2.22. The minimum atomic E-state index is -0.229. The Morgan fingerprint density at radius 3 is 2.74 bits per heavy atom. The number of pyridine rings is 1. The van der Waals surface area contributed by atoms with Crippen LogP contribution in [0.5, 0.6) is 0 Å². The molecule has 0 aliphatic rings. The van der Waals surface area contributed by atoms with Crippen molar-refractivity contribution in [3.05, 3.63) is 70.1 Å². The molecule has 0 aliphatic carbocycles. The number of nitrogens with zero attached hydrogens (tertiary/aromatic N) is 2. The Bertz CT molecular complexity index is 645. The van der Waals surface area contributed by atoms with E-state index in [2.05, 4.69) is 20.6 Å². The SMILES string of the molecule is NN=C(NN=Cc1ccccc1)c1cc[nH]c(=O)c1. The van der Waals surface area contributed by atoms with Gasteiger partial charge in [-0.15, -0.1) is 0 Å². The normalized spacial score (nSPS) is 11.7. The van der Waals surface area contributed by atoms with Gasteiger partial charge in [-0.25, -0.2) is 0 Å². The smallest absolute Gasteiger partial charge is 0.248 e. The van der Waals surface area contributed by atoms with Gasteiger partial charge in [0.2, 0.25) is 5.56 Å². The molecule has 6 nitrogen and oxygen atoms in total. The van der Waals surface area contributed by atoms with Gasteiger partial charge in [-0.1, -0.05) is 30.3 Å². The largest absolute Gasteiger partial charge is 0.329 e. The Morgan fingerprint density at radius 2 is 2.05 bits per heavy atom. The second kappa shape index (κ2) is 6.15. The minimum absolute atomic E-state index is 0.229. The summed E-state index contributed by atoms with van der Waals surface area (Å²) in [4.78, 5) is 13.7. The van der Waals surface area contributed by atoms with Crippen LogP contribution in [-0.4, -0.2) is 17.0 Å². The van der Waals surface area contributed by atoms with Crippen molar-refractivity contribution in [3.8, 4) is 0 Å². The van der Waals surface area contributed by atoms with Crippen molar-refractivity contribution in [3.63, 3.8) is 0 Å². The quantitative estimate of drug-likeness (QED) is 0.324. The Hall–Kier alpha value is -2.89. The first kappa shape index (κ1) is 12.6. The summed E-state index contributed by atoms with van der Waals surface area (Å²) in [6.45, 7) is 0. The molecular formula is C13H13N5O. The van der Waals surface area contributed by atoms with E-state index in [-0.39, 0.29) is 5.56 Å². The third-order valence-corrected chi connectivity index (χ3v) is 2.36. The molecule has 0 fully saturated rings. The van der Waals surface area contributed by atoms with Gasteiger partial charge in [0.25, 0.3) is 0 Å². The van der Waals surface area contributed by atoms with Gasteiger partial charge in [0, 0.05) is 17.8 Å². The predicted molar refractivity (Wildman–Crippen MR) is 75.0 cm³/mol. The molecule has 0 amide bonds. The van der Waals surface area contributed by atoms with Crippen molar-refractivity contribution < 1.29 is 0 Å². The third kappa shape index (κ3) is 3.53. The van der Waals surface area contributed by atoms with Gasteiger partial charge < -0.3 is 10.8 Å². The molecule has 0 radical (unpaired) electrons. The van der Waals surface area contributed by atoms with Crippen LogP contribution in [0.15, 0.2) is 63.7 Å². The molecule has 4 N–H and O–H groups in total. The monoisotopic (exact) mass is 255 g/mol. The van der Waals surface area contributed by atoms with Crippen LogP contribution in [0.4, 0.5) is 0 Å². The summed E-state index contributed by atoms with van der Waals surface area (Å²) in [7, 11) is 0. The zero-order valence-electron chi connectivity index (χ0n) is 10.1. The summed E-state index contributed by atoms with van der Waals surface area (Å²) in [5.74, 6) is 5.59. The molecule has 6 heteroatoms. The molecule has 0 atom stereocenters. The maximum atomic E-state index is 11.2. The Morgan fingerprint density at radius 1 is 1.26 bits per heavy atom. The van der Waals surface area contributed by atoms with E-state index in [9.17, 15) is 4.79 Å². The van der Waals surface area contributed by atoms with Gasteiger partial charge >= 0.3 is 0 Å². The molecule has 0 bridgehead atoms.